The number of hydrogen-bond donors (Lipinski definition) is 2. The number of hydrogen-bond acceptors (Lipinski definition) is 7. The molecule has 2 aliphatic rings. The van der Waals surface area contributed by atoms with Crippen molar-refractivity contribution >= 4 is 17.3 Å². The number of ketones is 2. The number of benzene rings is 1. The second-order valence-corrected chi connectivity index (χ2v) is 9.68. The summed E-state index contributed by atoms with van der Waals surface area (Å²) in [5.41, 5.74) is 2.65. The highest BCUT2D eigenvalue weighted by molar-refractivity contribution is 6.23. The lowest BCUT2D eigenvalue weighted by Crippen LogP contribution is -2.27. The molecule has 33 heavy (non-hydrogen) atoms. The normalized spacial score (nSPS) is 20.8. The van der Waals surface area contributed by atoms with Gasteiger partial charge < -0.3 is 14.7 Å². The number of aliphatic hydroxyl groups is 2. The topological polar surface area (TPSA) is 113 Å². The zero-order chi connectivity index (χ0) is 23.6. The molecular formula is C26H30N2O5. The third-order valence-corrected chi connectivity index (χ3v) is 6.39. The van der Waals surface area contributed by atoms with E-state index in [1.807, 2.05) is 44.2 Å². The van der Waals surface area contributed by atoms with Crippen LogP contribution < -0.4 is 0 Å². The Hall–Kier alpha value is -3.06. The highest BCUT2D eigenvalue weighted by Crippen LogP contribution is 2.37. The van der Waals surface area contributed by atoms with E-state index in [9.17, 15) is 19.8 Å². The predicted molar refractivity (Wildman–Crippen MR) is 124 cm³/mol. The molecule has 0 radical (unpaired) electrons. The quantitative estimate of drug-likeness (QED) is 0.613. The zero-order valence-electron chi connectivity index (χ0n) is 19.1. The molecule has 0 bridgehead atoms. The molecule has 1 unspecified atom stereocenters. The van der Waals surface area contributed by atoms with Crippen molar-refractivity contribution in [3.63, 3.8) is 0 Å². The second-order valence-electron chi connectivity index (χ2n) is 9.68. The van der Waals surface area contributed by atoms with E-state index in [4.69, 9.17) is 4.52 Å². The van der Waals surface area contributed by atoms with Crippen LogP contribution in [0.25, 0.3) is 0 Å². The fraction of sp³-hybridized carbons (Fsp3) is 0.462. The summed E-state index contributed by atoms with van der Waals surface area (Å²) in [6.07, 6.45) is 2.41. The maximum Gasteiger partial charge on any atom is 0.168 e. The van der Waals surface area contributed by atoms with E-state index in [-0.39, 0.29) is 53.8 Å². The van der Waals surface area contributed by atoms with Crippen LogP contribution in [0.4, 0.5) is 0 Å². The van der Waals surface area contributed by atoms with Gasteiger partial charge >= 0.3 is 0 Å². The van der Waals surface area contributed by atoms with E-state index < -0.39 is 0 Å². The molecule has 0 fully saturated rings. The Balaban J connectivity index is 1.56. The van der Waals surface area contributed by atoms with Crippen molar-refractivity contribution in [2.45, 2.75) is 58.3 Å². The molecule has 7 heteroatoms. The molecule has 0 amide bonds. The number of nitrogens with zero attached hydrogens (tertiary/aromatic N) is 2. The van der Waals surface area contributed by atoms with Crippen molar-refractivity contribution < 1.29 is 24.3 Å². The van der Waals surface area contributed by atoms with Crippen molar-refractivity contribution in [3.8, 4) is 0 Å². The van der Waals surface area contributed by atoms with Crippen LogP contribution in [0.15, 0.2) is 51.2 Å². The number of aromatic nitrogens is 1. The van der Waals surface area contributed by atoms with E-state index in [1.54, 1.807) is 0 Å². The summed E-state index contributed by atoms with van der Waals surface area (Å²) in [7, 11) is 0. The third-order valence-electron chi connectivity index (χ3n) is 6.39. The van der Waals surface area contributed by atoms with Gasteiger partial charge in [0.2, 0.25) is 0 Å². The average molecular weight is 451 g/mol. The maximum absolute atomic E-state index is 13.1. The van der Waals surface area contributed by atoms with E-state index in [0.717, 1.165) is 5.56 Å². The minimum absolute atomic E-state index is 0.0212. The minimum Gasteiger partial charge on any atom is -0.511 e. The minimum atomic E-state index is -0.163. The molecule has 1 atom stereocenters. The van der Waals surface area contributed by atoms with Gasteiger partial charge in [-0.3, -0.25) is 14.6 Å². The molecule has 174 valence electrons. The number of rotatable bonds is 7. The Labute approximate surface area is 193 Å². The number of Topliss-reactive ketones (excluding diaryl/α,β-unsaturated/α-hetero) is 2. The van der Waals surface area contributed by atoms with Gasteiger partial charge in [-0.05, 0) is 29.7 Å². The fourth-order valence-corrected chi connectivity index (χ4v) is 4.88. The first-order valence-electron chi connectivity index (χ1n) is 11.4. The number of carbonyl (C=O) groups is 2. The largest absolute Gasteiger partial charge is 0.511 e. The standard InChI is InChI=1S/C26H30N2O5/c1-26(2)14-22(32)25-19(28-33-23(25)15-26)9-8-18(27-10-11-29)24-20(30)12-17(13-21(24)31)16-6-4-3-5-7-16/h3-7,17,29-30H,8-15H2,1-2H3. The average Bonchev–Trinajstić information content (AvgIpc) is 3.17. The molecule has 1 aromatic heterocycles. The maximum atomic E-state index is 13.1. The van der Waals surface area contributed by atoms with Crippen LogP contribution in [0, 0.1) is 5.41 Å². The summed E-state index contributed by atoms with van der Waals surface area (Å²) in [6.45, 7) is 4.03. The number of carbonyl (C=O) groups excluding carboxylic acids is 2. The molecular weight excluding hydrogens is 420 g/mol. The van der Waals surface area contributed by atoms with Crippen LogP contribution >= 0.6 is 0 Å². The Morgan fingerprint density at radius 2 is 1.91 bits per heavy atom. The molecule has 2 aromatic rings. The van der Waals surface area contributed by atoms with Gasteiger partial charge in [-0.1, -0.05) is 49.3 Å². The number of fused-ring (bicyclic) bond motifs is 1. The Morgan fingerprint density at radius 1 is 1.15 bits per heavy atom. The van der Waals surface area contributed by atoms with Gasteiger partial charge in [0.25, 0.3) is 0 Å². The molecule has 0 saturated carbocycles. The molecule has 2 aliphatic carbocycles. The lowest BCUT2D eigenvalue weighted by molar-refractivity contribution is -0.116. The Kier molecular flexibility index (Phi) is 6.61. The number of aliphatic hydroxyl groups excluding tert-OH is 2. The van der Waals surface area contributed by atoms with Crippen molar-refractivity contribution in [2.24, 2.45) is 10.4 Å². The summed E-state index contributed by atoms with van der Waals surface area (Å²) < 4.78 is 5.48. The smallest absolute Gasteiger partial charge is 0.168 e. The summed E-state index contributed by atoms with van der Waals surface area (Å²) in [4.78, 5) is 30.2. The first-order chi connectivity index (χ1) is 15.8. The van der Waals surface area contributed by atoms with Gasteiger partial charge in [-0.25, -0.2) is 0 Å². The van der Waals surface area contributed by atoms with Crippen LogP contribution in [0.2, 0.25) is 0 Å². The first-order valence-corrected chi connectivity index (χ1v) is 11.4. The molecule has 0 spiro atoms. The van der Waals surface area contributed by atoms with Gasteiger partial charge in [-0.15, -0.1) is 0 Å². The van der Waals surface area contributed by atoms with Crippen LogP contribution in [0.3, 0.4) is 0 Å². The molecule has 1 heterocycles. The number of aryl methyl sites for hydroxylation is 1. The Morgan fingerprint density at radius 3 is 2.61 bits per heavy atom. The van der Waals surface area contributed by atoms with E-state index in [2.05, 4.69) is 10.1 Å². The molecule has 0 saturated heterocycles. The van der Waals surface area contributed by atoms with Crippen LogP contribution in [-0.4, -0.2) is 45.8 Å². The molecule has 2 N–H and O–H groups in total. The molecule has 0 aliphatic heterocycles. The highest BCUT2D eigenvalue weighted by atomic mass is 16.5. The number of aliphatic imine (C=N–C) groups is 1. The van der Waals surface area contributed by atoms with E-state index in [0.29, 0.717) is 54.8 Å². The van der Waals surface area contributed by atoms with E-state index in [1.165, 1.54) is 0 Å². The second kappa shape index (κ2) is 9.43. The van der Waals surface area contributed by atoms with E-state index >= 15 is 0 Å². The van der Waals surface area contributed by atoms with Crippen molar-refractivity contribution in [3.05, 3.63) is 64.2 Å². The van der Waals surface area contributed by atoms with Crippen molar-refractivity contribution in [1.29, 1.82) is 0 Å². The van der Waals surface area contributed by atoms with Gasteiger partial charge in [0.05, 0.1) is 30.0 Å². The third kappa shape index (κ3) is 4.98. The first kappa shape index (κ1) is 23.1. The van der Waals surface area contributed by atoms with Crippen LogP contribution in [0.1, 0.15) is 72.8 Å². The van der Waals surface area contributed by atoms with Gasteiger partial charge in [0.15, 0.2) is 11.6 Å². The SMILES string of the molecule is CC1(C)CC(=O)c2c(CCC(=NCCO)C3=C(O)CC(c4ccccc4)CC3=O)noc2C1. The fourth-order valence-electron chi connectivity index (χ4n) is 4.88. The Bertz CT molecular complexity index is 1110. The van der Waals surface area contributed by atoms with Gasteiger partial charge in [-0.2, -0.15) is 0 Å². The highest BCUT2D eigenvalue weighted by Gasteiger charge is 2.37. The summed E-state index contributed by atoms with van der Waals surface area (Å²) in [5.74, 6) is 0.417. The van der Waals surface area contributed by atoms with Crippen molar-refractivity contribution in [1.82, 2.24) is 5.16 Å². The lowest BCUT2D eigenvalue weighted by atomic mass is 9.75. The molecule has 1 aromatic carbocycles. The van der Waals surface area contributed by atoms with Gasteiger partial charge in [0, 0.05) is 31.4 Å². The van der Waals surface area contributed by atoms with Gasteiger partial charge in [0.1, 0.15) is 11.5 Å². The number of allylic oxidation sites excluding steroid dienone is 2. The summed E-state index contributed by atoms with van der Waals surface area (Å²) in [6, 6.07) is 9.69. The molecule has 7 nitrogen and oxygen atoms in total. The van der Waals surface area contributed by atoms with Crippen LogP contribution in [0.5, 0.6) is 0 Å². The summed E-state index contributed by atoms with van der Waals surface area (Å²) in [5, 5.41) is 24.2. The predicted octanol–water partition coefficient (Wildman–Crippen LogP) is 4.15. The zero-order valence-corrected chi connectivity index (χ0v) is 19.1. The van der Waals surface area contributed by atoms with Crippen LogP contribution in [-0.2, 0) is 17.6 Å². The summed E-state index contributed by atoms with van der Waals surface area (Å²) >= 11 is 0. The molecule has 4 rings (SSSR count). The monoisotopic (exact) mass is 450 g/mol. The van der Waals surface area contributed by atoms with Crippen molar-refractivity contribution in [2.75, 3.05) is 13.2 Å². The lowest BCUT2D eigenvalue weighted by Gasteiger charge is -2.26.